The fourth-order valence-electron chi connectivity index (χ4n) is 3.20. The molecule has 0 bridgehead atoms. The monoisotopic (exact) mass is 590 g/mol. The minimum absolute atomic E-state index is 0.00501. The van der Waals surface area contributed by atoms with Crippen LogP contribution in [0.2, 0.25) is 0 Å². The molecule has 18 heteroatoms. The summed E-state index contributed by atoms with van der Waals surface area (Å²) in [5.41, 5.74) is -2.44. The zero-order chi connectivity index (χ0) is 29.7. The van der Waals surface area contributed by atoms with Crippen LogP contribution in [0.3, 0.4) is 0 Å². The summed E-state index contributed by atoms with van der Waals surface area (Å²) in [5.74, 6) is -2.20. The van der Waals surface area contributed by atoms with E-state index in [1.807, 2.05) is 0 Å². The van der Waals surface area contributed by atoms with Crippen molar-refractivity contribution in [3.05, 3.63) is 58.0 Å². The van der Waals surface area contributed by atoms with Crippen LogP contribution in [0, 0.1) is 15.9 Å². The Morgan fingerprint density at radius 3 is 2.33 bits per heavy atom. The number of sulfonamides is 1. The number of nitrogens with one attached hydrogen (secondary N) is 3. The van der Waals surface area contributed by atoms with Gasteiger partial charge in [0.25, 0.3) is 0 Å². The number of anilines is 4. The quantitative estimate of drug-likeness (QED) is 0.121. The van der Waals surface area contributed by atoms with E-state index in [1.54, 1.807) is 0 Å². The molecule has 13 nitrogen and oxygen atoms in total. The zero-order valence-corrected chi connectivity index (χ0v) is 21.8. The largest absolute Gasteiger partial charge is 0.494 e. The van der Waals surface area contributed by atoms with Crippen molar-refractivity contribution >= 4 is 38.9 Å². The number of aromatic nitrogens is 2. The van der Waals surface area contributed by atoms with Gasteiger partial charge in [-0.3, -0.25) is 10.1 Å². The first-order valence-electron chi connectivity index (χ1n) is 11.0. The fourth-order valence-corrected chi connectivity index (χ4v) is 3.66. The van der Waals surface area contributed by atoms with Crippen molar-refractivity contribution in [2.24, 2.45) is 0 Å². The molecule has 0 saturated heterocycles. The number of hydrogen-bond acceptors (Lipinski definition) is 11. The minimum Gasteiger partial charge on any atom is -0.494 e. The Labute approximate surface area is 224 Å². The molecular weight excluding hydrogens is 568 g/mol. The van der Waals surface area contributed by atoms with Gasteiger partial charge < -0.3 is 24.8 Å². The molecule has 0 aliphatic carbocycles. The van der Waals surface area contributed by atoms with Gasteiger partial charge in [0.1, 0.15) is 35.2 Å². The maximum atomic E-state index is 14.0. The Morgan fingerprint density at radius 1 is 1.05 bits per heavy atom. The van der Waals surface area contributed by atoms with Crippen molar-refractivity contribution in [2.45, 2.75) is 6.18 Å². The Kier molecular flexibility index (Phi) is 9.15. The lowest BCUT2D eigenvalue weighted by Crippen LogP contribution is -2.26. The van der Waals surface area contributed by atoms with E-state index in [2.05, 4.69) is 25.3 Å². The summed E-state index contributed by atoms with van der Waals surface area (Å²) in [5, 5.41) is 16.2. The summed E-state index contributed by atoms with van der Waals surface area (Å²) < 4.78 is 95.3. The van der Waals surface area contributed by atoms with Gasteiger partial charge in [-0.25, -0.2) is 18.1 Å². The first-order chi connectivity index (χ1) is 18.7. The molecule has 1 aromatic heterocycles. The van der Waals surface area contributed by atoms with Crippen molar-refractivity contribution < 1.29 is 45.1 Å². The predicted octanol–water partition coefficient (Wildman–Crippen LogP) is 3.98. The van der Waals surface area contributed by atoms with Gasteiger partial charge in [0.15, 0.2) is 0 Å². The average molecular weight is 591 g/mol. The SMILES string of the molecule is COc1cc(OCCNS(C)(=O)=O)ccc1Nc1ncc(C(F)(F)F)c(Nc2cc([N+](=O)[O-])c(F)cc2OC)n1. The third-order valence-corrected chi connectivity index (χ3v) is 5.70. The highest BCUT2D eigenvalue weighted by Gasteiger charge is 2.36. The smallest absolute Gasteiger partial charge is 0.421 e. The minimum atomic E-state index is -4.93. The predicted molar refractivity (Wildman–Crippen MR) is 135 cm³/mol. The van der Waals surface area contributed by atoms with Crippen LogP contribution < -0.4 is 29.6 Å². The number of hydrogen-bond donors (Lipinski definition) is 3. The Balaban J connectivity index is 1.91. The Bertz CT molecular complexity index is 1510. The van der Waals surface area contributed by atoms with Crippen LogP contribution in [0.4, 0.5) is 46.4 Å². The van der Waals surface area contributed by atoms with Crippen molar-refractivity contribution in [3.8, 4) is 17.2 Å². The van der Waals surface area contributed by atoms with Gasteiger partial charge in [-0.05, 0) is 12.1 Å². The molecule has 40 heavy (non-hydrogen) atoms. The van der Waals surface area contributed by atoms with Crippen molar-refractivity contribution in [2.75, 3.05) is 44.3 Å². The third kappa shape index (κ3) is 7.79. The second kappa shape index (κ2) is 12.2. The first-order valence-corrected chi connectivity index (χ1v) is 12.9. The van der Waals surface area contributed by atoms with Gasteiger partial charge in [-0.1, -0.05) is 0 Å². The van der Waals surface area contributed by atoms with Crippen LogP contribution in [-0.2, 0) is 16.2 Å². The van der Waals surface area contributed by atoms with E-state index >= 15 is 0 Å². The second-order valence-corrected chi connectivity index (χ2v) is 9.67. The number of halogens is 4. The molecule has 216 valence electrons. The highest BCUT2D eigenvalue weighted by atomic mass is 32.2. The summed E-state index contributed by atoms with van der Waals surface area (Å²) in [7, 11) is -0.963. The summed E-state index contributed by atoms with van der Waals surface area (Å²) in [6.07, 6.45) is -3.44. The fraction of sp³-hybridized carbons (Fsp3) is 0.273. The number of nitro groups is 1. The molecule has 0 aliphatic rings. The Morgan fingerprint density at radius 2 is 1.73 bits per heavy atom. The topological polar surface area (TPSA) is 167 Å². The highest BCUT2D eigenvalue weighted by Crippen LogP contribution is 2.39. The molecule has 0 saturated carbocycles. The number of ether oxygens (including phenoxy) is 3. The maximum Gasteiger partial charge on any atom is 0.421 e. The first kappa shape index (κ1) is 30.1. The van der Waals surface area contributed by atoms with E-state index in [9.17, 15) is 36.1 Å². The lowest BCUT2D eigenvalue weighted by molar-refractivity contribution is -0.387. The van der Waals surface area contributed by atoms with Gasteiger partial charge in [0, 0.05) is 30.9 Å². The zero-order valence-electron chi connectivity index (χ0n) is 21.0. The summed E-state index contributed by atoms with van der Waals surface area (Å²) in [4.78, 5) is 17.7. The number of nitrogens with zero attached hydrogens (tertiary/aromatic N) is 3. The molecular formula is C22H22F4N6O7S. The third-order valence-electron chi connectivity index (χ3n) is 4.97. The molecule has 0 spiro atoms. The van der Waals surface area contributed by atoms with Crippen LogP contribution >= 0.6 is 0 Å². The van der Waals surface area contributed by atoms with Crippen LogP contribution in [0.1, 0.15) is 5.56 Å². The summed E-state index contributed by atoms with van der Waals surface area (Å²) in [6.45, 7) is 0.0172. The molecule has 1 heterocycles. The molecule has 0 aliphatic heterocycles. The van der Waals surface area contributed by atoms with Crippen LogP contribution in [-0.4, -0.2) is 56.9 Å². The highest BCUT2D eigenvalue weighted by molar-refractivity contribution is 7.88. The number of rotatable bonds is 12. The van der Waals surface area contributed by atoms with E-state index in [1.165, 1.54) is 25.3 Å². The van der Waals surface area contributed by atoms with Crippen molar-refractivity contribution in [1.29, 1.82) is 0 Å². The van der Waals surface area contributed by atoms with Gasteiger partial charge in [-0.15, -0.1) is 0 Å². The van der Waals surface area contributed by atoms with Crippen LogP contribution in [0.25, 0.3) is 0 Å². The molecule has 3 aromatic rings. The van der Waals surface area contributed by atoms with Crippen LogP contribution in [0.15, 0.2) is 36.5 Å². The van der Waals surface area contributed by atoms with Crippen molar-refractivity contribution in [3.63, 3.8) is 0 Å². The Hall–Kier alpha value is -4.45. The van der Waals surface area contributed by atoms with E-state index in [0.717, 1.165) is 13.4 Å². The molecule has 0 radical (unpaired) electrons. The lowest BCUT2D eigenvalue weighted by atomic mass is 10.2. The second-order valence-electron chi connectivity index (χ2n) is 7.84. The molecule has 2 aromatic carbocycles. The van der Waals surface area contributed by atoms with E-state index in [-0.39, 0.29) is 42.0 Å². The summed E-state index contributed by atoms with van der Waals surface area (Å²) in [6, 6.07) is 5.71. The molecule has 3 N–H and O–H groups in total. The van der Waals surface area contributed by atoms with Crippen LogP contribution in [0.5, 0.6) is 17.2 Å². The van der Waals surface area contributed by atoms with Gasteiger partial charge >= 0.3 is 11.9 Å². The van der Waals surface area contributed by atoms with E-state index in [4.69, 9.17) is 14.2 Å². The van der Waals surface area contributed by atoms with Gasteiger partial charge in [0.2, 0.25) is 21.8 Å². The summed E-state index contributed by atoms with van der Waals surface area (Å²) >= 11 is 0. The average Bonchev–Trinajstić information content (AvgIpc) is 2.86. The molecule has 0 atom stereocenters. The standard InChI is InChI=1S/C22H22F4N6O7S/c1-37-18-8-12(39-7-6-28-40(3,35)36)4-5-15(18)30-21-27-11-13(22(24,25)26)20(31-21)29-16-10-17(32(33)34)14(23)9-19(16)38-2/h4-5,8-11,28H,6-7H2,1-3H3,(H2,27,29,30,31). The van der Waals surface area contributed by atoms with E-state index in [0.29, 0.717) is 24.1 Å². The normalized spacial score (nSPS) is 11.6. The number of alkyl halides is 3. The number of methoxy groups -OCH3 is 2. The number of benzene rings is 2. The van der Waals surface area contributed by atoms with E-state index < -0.39 is 44.0 Å². The molecule has 0 amide bonds. The lowest BCUT2D eigenvalue weighted by Gasteiger charge is -2.17. The number of nitro benzene ring substituents is 1. The van der Waals surface area contributed by atoms with Gasteiger partial charge in [0.05, 0.1) is 36.8 Å². The maximum absolute atomic E-state index is 14.0. The molecule has 0 fully saturated rings. The van der Waals surface area contributed by atoms with Crippen molar-refractivity contribution in [1.82, 2.24) is 14.7 Å². The molecule has 3 rings (SSSR count). The van der Waals surface area contributed by atoms with Gasteiger partial charge in [-0.2, -0.15) is 22.5 Å². The molecule has 0 unspecified atom stereocenters.